The van der Waals surface area contributed by atoms with Crippen molar-refractivity contribution in [3.05, 3.63) is 391 Å². The molecule has 0 spiro atoms. The van der Waals surface area contributed by atoms with Crippen LogP contribution in [0.4, 0.5) is 176 Å². The van der Waals surface area contributed by atoms with Crippen LogP contribution >= 0.6 is 0 Å². The summed E-state index contributed by atoms with van der Waals surface area (Å²) in [4.78, 5) is 4.08. The molecular formula is C78H25B2F40IS. The Morgan fingerprint density at radius 2 is 0.230 bits per heavy atom. The Hall–Kier alpha value is -11.7. The van der Waals surface area contributed by atoms with Crippen molar-refractivity contribution in [2.24, 2.45) is 0 Å². The minimum Gasteiger partial charge on any atom is -0.207 e. The summed E-state index contributed by atoms with van der Waals surface area (Å²) in [5.41, 5.74) is -28.7. The molecule has 0 heterocycles. The minimum absolute atomic E-state index is 0.0146. The van der Waals surface area contributed by atoms with Crippen LogP contribution < -0.4 is 64.9 Å². The molecule has 0 aromatic heterocycles. The van der Waals surface area contributed by atoms with Crippen LogP contribution in [0.3, 0.4) is 0 Å². The topological polar surface area (TPSA) is 0 Å². The monoisotopic (exact) mass is 1900 g/mol. The molecule has 0 nitrogen and oxygen atoms in total. The van der Waals surface area contributed by atoms with Crippen LogP contribution in [0, 0.1) is 240 Å². The lowest BCUT2D eigenvalue weighted by Crippen LogP contribution is -3.61. The highest BCUT2D eigenvalue weighted by Gasteiger charge is 2.55. The van der Waals surface area contributed by atoms with Gasteiger partial charge >= 0.3 is 21.2 Å². The van der Waals surface area contributed by atoms with Gasteiger partial charge in [-0.05, 0) is 60.7 Å². The van der Waals surface area contributed by atoms with Crippen molar-refractivity contribution in [2.75, 3.05) is 0 Å². The Balaban J connectivity index is 0.000000188. The summed E-state index contributed by atoms with van der Waals surface area (Å²) in [6.07, 6.45) is -14.4. The summed E-state index contributed by atoms with van der Waals surface area (Å²) in [6, 6.07) is 53.6. The second kappa shape index (κ2) is 36.1. The third kappa shape index (κ3) is 15.4. The Bertz CT molecular complexity index is 5100. The van der Waals surface area contributed by atoms with Crippen molar-refractivity contribution in [1.82, 2.24) is 0 Å². The van der Waals surface area contributed by atoms with Gasteiger partial charge in [0.25, 0.3) is 0 Å². The lowest BCUT2D eigenvalue weighted by molar-refractivity contribution is -0.597. The Morgan fingerprint density at radius 3 is 0.344 bits per heavy atom. The molecular weight excluding hydrogens is 1880 g/mol. The zero-order valence-corrected chi connectivity index (χ0v) is 61.0. The smallest absolute Gasteiger partial charge is 0.207 e. The van der Waals surface area contributed by atoms with E-state index >= 15 is 70.2 Å². The van der Waals surface area contributed by atoms with Gasteiger partial charge in [-0.15, -0.1) is 43.7 Å². The lowest BCUT2D eigenvalue weighted by Gasteiger charge is -2.44. The molecule has 0 amide bonds. The molecule has 0 aliphatic heterocycles. The molecule has 44 heteroatoms. The first kappa shape index (κ1) is 92.6. The van der Waals surface area contributed by atoms with Crippen LogP contribution in [0.25, 0.3) is 0 Å². The Labute approximate surface area is 667 Å². The first-order valence-electron chi connectivity index (χ1n) is 32.4. The van der Waals surface area contributed by atoms with Crippen LogP contribution in [-0.4, -0.2) is 12.3 Å². The Kier molecular flexibility index (Phi) is 27.4. The molecule has 0 aliphatic carbocycles. The van der Waals surface area contributed by atoms with E-state index in [1.807, 2.05) is 0 Å². The molecule has 0 radical (unpaired) electrons. The van der Waals surface area contributed by atoms with Gasteiger partial charge in [0.05, 0.1) is 10.9 Å². The van der Waals surface area contributed by atoms with Gasteiger partial charge in [0.2, 0.25) is 0 Å². The van der Waals surface area contributed by atoms with Crippen LogP contribution in [0.2, 0.25) is 0 Å². The molecule has 0 saturated heterocycles. The maximum absolute atomic E-state index is 15.4. The van der Waals surface area contributed by atoms with Crippen molar-refractivity contribution in [3.8, 4) is 0 Å². The van der Waals surface area contributed by atoms with Crippen LogP contribution in [0.15, 0.2) is 166 Å². The molecule has 0 atom stereocenters. The maximum Gasteiger partial charge on any atom is 0.357 e. The average Bonchev–Trinajstić information content (AvgIpc) is 0.684. The molecule has 13 aromatic carbocycles. The number of halogens is 41. The van der Waals surface area contributed by atoms with Gasteiger partial charge in [-0.1, -0.05) is 91.0 Å². The maximum atomic E-state index is 15.4. The predicted octanol–water partition coefficient (Wildman–Crippen LogP) is 16.3. The molecule has 13 rings (SSSR count). The van der Waals surface area contributed by atoms with Crippen LogP contribution in [0.1, 0.15) is 0 Å². The largest absolute Gasteiger partial charge is 0.357 e. The first-order chi connectivity index (χ1) is 57.3. The van der Waals surface area contributed by atoms with Crippen molar-refractivity contribution in [2.45, 2.75) is 14.7 Å². The van der Waals surface area contributed by atoms with E-state index in [2.05, 4.69) is 152 Å². The van der Waals surface area contributed by atoms with E-state index in [1.54, 1.807) is 0 Å². The second-order valence-corrected chi connectivity index (χ2v) is 29.6. The van der Waals surface area contributed by atoms with Crippen LogP contribution in [-0.2, 0) is 10.9 Å². The van der Waals surface area contributed by atoms with Gasteiger partial charge in [-0.25, -0.2) is 176 Å². The van der Waals surface area contributed by atoms with E-state index in [0.29, 0.717) is 0 Å². The molecule has 122 heavy (non-hydrogen) atoms. The Morgan fingerprint density at radius 1 is 0.131 bits per heavy atom. The molecule has 0 unspecified atom stereocenters. The molecule has 0 N–H and O–H groups in total. The van der Waals surface area contributed by atoms with Crippen molar-refractivity contribution in [3.63, 3.8) is 0 Å². The molecule has 0 saturated carbocycles. The summed E-state index contributed by atoms with van der Waals surface area (Å²) in [5.74, 6) is -143. The third-order valence-electron chi connectivity index (χ3n) is 18.0. The lowest BCUT2D eigenvalue weighted by atomic mass is 9.12. The van der Waals surface area contributed by atoms with Crippen molar-refractivity contribution in [1.29, 1.82) is 0 Å². The first-order valence-corrected chi connectivity index (χ1v) is 35.8. The zero-order valence-electron chi connectivity index (χ0n) is 58.0. The molecule has 0 bridgehead atoms. The summed E-state index contributed by atoms with van der Waals surface area (Å²) in [7, 11) is -0.0146. The van der Waals surface area contributed by atoms with Gasteiger partial charge in [0.1, 0.15) is 105 Å². The third-order valence-corrected chi connectivity index (χ3v) is 23.0. The molecule has 636 valence electrons. The number of rotatable bonds is 13. The number of benzene rings is 13. The van der Waals surface area contributed by atoms with Gasteiger partial charge in [0, 0.05) is 0 Å². The zero-order chi connectivity index (χ0) is 90.6. The predicted molar refractivity (Wildman–Crippen MR) is 350 cm³/mol. The summed E-state index contributed by atoms with van der Waals surface area (Å²) in [6.45, 7) is 0. The fraction of sp³-hybridized carbons (Fsp3) is 0. The number of hydrogen-bond acceptors (Lipinski definition) is 0. The van der Waals surface area contributed by atoms with Gasteiger partial charge in [0.15, 0.2) is 161 Å². The molecule has 13 aromatic rings. The highest BCUT2D eigenvalue weighted by Crippen LogP contribution is 2.36. The fourth-order valence-electron chi connectivity index (χ4n) is 12.9. The highest BCUT2D eigenvalue weighted by molar-refractivity contribution is 7.97. The van der Waals surface area contributed by atoms with E-state index < -0.39 is 289 Å². The summed E-state index contributed by atoms with van der Waals surface area (Å²) < 4.78 is 591. The van der Waals surface area contributed by atoms with Gasteiger partial charge in [-0.3, -0.25) is 0 Å². The SMILES string of the molecule is Fc1c(F)c(F)c([B-](c2c(F)c(F)c(F)c(F)c2F)(c2c(F)c(F)c(F)c(F)c2F)c2c(F)c(F)c(F)c(F)c2F)c(F)c1F.Fc1c(F)c(F)c([B-](c2c(F)c(F)c(F)c(F)c2F)(c2c(F)c(F)c(F)c(F)c2F)c2c(F)c(F)c(F)c(F)c2F)c(F)c1F.c1ccc([I+]c2ccccc2)cc1.c1ccc([S+](c2ccccc2)c2ccccc2)cc1. The normalized spacial score (nSPS) is 11.5. The standard InChI is InChI=1S/2C24BF20.C18H15S.C12H10I/c2*26-5-1(6(27)14(35)21(42)13(5)34)25(2-7(28)15(36)22(43)16(37)8(2)29,3-9(30)17(38)23(44)18(39)10(3)31)4-11(32)19(40)24(45)20(41)12(4)33;1-4-10-16(11-5-1)19(17-12-6-2-7-13-17)18-14-8-3-9-15-18;1-3-7-11(8-4-1)13-12-9-5-2-6-10-12/h;;1-15H;1-10H/q2*-1;2*+1. The van der Waals surface area contributed by atoms with E-state index in [4.69, 9.17) is 0 Å². The van der Waals surface area contributed by atoms with Gasteiger partial charge in [-0.2, -0.15) is 0 Å². The molecule has 0 fully saturated rings. The van der Waals surface area contributed by atoms with E-state index in [-0.39, 0.29) is 32.1 Å². The van der Waals surface area contributed by atoms with Crippen molar-refractivity contribution >= 4 is 66.9 Å². The number of hydrogen-bond donors (Lipinski definition) is 0. The van der Waals surface area contributed by atoms with E-state index in [9.17, 15) is 105 Å². The average molecular weight is 1900 g/mol. The fourth-order valence-corrected chi connectivity index (χ4v) is 17.3. The quantitative estimate of drug-likeness (QED) is 0.0270. The van der Waals surface area contributed by atoms with Crippen molar-refractivity contribution < 1.29 is 197 Å². The summed E-state index contributed by atoms with van der Waals surface area (Å²) >= 11 is 0.0287. The molecule has 0 aliphatic rings. The highest BCUT2D eigenvalue weighted by atomic mass is 127. The summed E-state index contributed by atoms with van der Waals surface area (Å²) in [5, 5.41) is 0. The van der Waals surface area contributed by atoms with E-state index in [1.165, 1.54) is 21.8 Å². The minimum atomic E-state index is -7.22. The van der Waals surface area contributed by atoms with E-state index in [0.717, 1.165) is 0 Å². The van der Waals surface area contributed by atoms with Crippen LogP contribution in [0.5, 0.6) is 0 Å². The van der Waals surface area contributed by atoms with Gasteiger partial charge < -0.3 is 0 Å². The second-order valence-electron chi connectivity index (χ2n) is 24.5.